The van der Waals surface area contributed by atoms with Gasteiger partial charge in [-0.2, -0.15) is 0 Å². The minimum Gasteiger partial charge on any atom is -0.441 e. The predicted octanol–water partition coefficient (Wildman–Crippen LogP) is 2.26. The zero-order chi connectivity index (χ0) is 13.4. The molecule has 19 heavy (non-hydrogen) atoms. The molecule has 0 saturated heterocycles. The Hall–Kier alpha value is -2.14. The maximum absolute atomic E-state index is 5.49. The molecule has 0 aliphatic carbocycles. The molecule has 2 heterocycles. The fourth-order valence-corrected chi connectivity index (χ4v) is 2.24. The Bertz CT molecular complexity index is 726. The summed E-state index contributed by atoms with van der Waals surface area (Å²) in [5.41, 5.74) is 3.87. The number of nitrogens with one attached hydrogen (secondary N) is 1. The summed E-state index contributed by atoms with van der Waals surface area (Å²) in [4.78, 5) is 8.79. The molecule has 3 rings (SSSR count). The van der Waals surface area contributed by atoms with Crippen LogP contribution in [0, 0.1) is 6.92 Å². The van der Waals surface area contributed by atoms with Gasteiger partial charge in [0.1, 0.15) is 11.3 Å². The zero-order valence-electron chi connectivity index (χ0n) is 11.3. The number of fused-ring (bicyclic) bond motifs is 1. The number of hydrogen-bond acceptors (Lipinski definition) is 4. The van der Waals surface area contributed by atoms with E-state index in [-0.39, 0.29) is 0 Å². The summed E-state index contributed by atoms with van der Waals surface area (Å²) in [6.07, 6.45) is 1.89. The van der Waals surface area contributed by atoms with E-state index in [1.807, 2.05) is 45.4 Å². The lowest BCUT2D eigenvalue weighted by Gasteiger charge is -2.05. The molecule has 1 N–H and O–H groups in total. The van der Waals surface area contributed by atoms with E-state index in [0.29, 0.717) is 5.89 Å². The Kier molecular flexibility index (Phi) is 2.83. The number of hydrogen-bond donors (Lipinski definition) is 1. The van der Waals surface area contributed by atoms with Gasteiger partial charge in [-0.05, 0) is 25.2 Å². The van der Waals surface area contributed by atoms with Gasteiger partial charge in [-0.1, -0.05) is 0 Å². The largest absolute Gasteiger partial charge is 0.441 e. The monoisotopic (exact) mass is 256 g/mol. The van der Waals surface area contributed by atoms with Gasteiger partial charge in [0.15, 0.2) is 11.5 Å². The van der Waals surface area contributed by atoms with E-state index < -0.39 is 0 Å². The molecule has 0 spiro atoms. The van der Waals surface area contributed by atoms with Crippen molar-refractivity contribution in [1.29, 1.82) is 0 Å². The third-order valence-electron chi connectivity index (χ3n) is 3.21. The van der Waals surface area contributed by atoms with Gasteiger partial charge in [0.05, 0.1) is 18.4 Å². The minimum absolute atomic E-state index is 0.688. The fourth-order valence-electron chi connectivity index (χ4n) is 2.24. The first-order valence-electron chi connectivity index (χ1n) is 6.22. The highest BCUT2D eigenvalue weighted by molar-refractivity contribution is 5.79. The second-order valence-electron chi connectivity index (χ2n) is 4.56. The average molecular weight is 256 g/mol. The third-order valence-corrected chi connectivity index (χ3v) is 3.21. The molecule has 0 amide bonds. The van der Waals surface area contributed by atoms with Crippen molar-refractivity contribution in [3.8, 4) is 11.3 Å². The van der Waals surface area contributed by atoms with Crippen LogP contribution >= 0.6 is 0 Å². The molecule has 5 nitrogen and oxygen atoms in total. The Morgan fingerprint density at radius 3 is 3.00 bits per heavy atom. The number of imidazole rings is 1. The Morgan fingerprint density at radius 1 is 1.37 bits per heavy atom. The standard InChI is InChI=1S/C14H16N4O/c1-9-17-11-6-10(4-5-13(11)19-9)12-7-16-14(8-15-2)18(12)3/h4-7,15H,8H2,1-3H3. The first-order chi connectivity index (χ1) is 9.19. The molecule has 1 aromatic carbocycles. The van der Waals surface area contributed by atoms with E-state index >= 15 is 0 Å². The van der Waals surface area contributed by atoms with E-state index in [1.165, 1.54) is 0 Å². The van der Waals surface area contributed by atoms with Crippen LogP contribution < -0.4 is 5.32 Å². The van der Waals surface area contributed by atoms with Crippen LogP contribution in [-0.2, 0) is 13.6 Å². The second kappa shape index (κ2) is 4.51. The first kappa shape index (κ1) is 11.9. The molecular formula is C14H16N4O. The summed E-state index contributed by atoms with van der Waals surface area (Å²) in [6, 6.07) is 6.02. The van der Waals surface area contributed by atoms with Crippen LogP contribution in [0.2, 0.25) is 0 Å². The van der Waals surface area contributed by atoms with Gasteiger partial charge < -0.3 is 14.3 Å². The van der Waals surface area contributed by atoms with Gasteiger partial charge in [-0.3, -0.25) is 0 Å². The molecule has 98 valence electrons. The lowest BCUT2D eigenvalue weighted by Crippen LogP contribution is -2.10. The quantitative estimate of drug-likeness (QED) is 0.781. The highest BCUT2D eigenvalue weighted by atomic mass is 16.3. The molecule has 0 aliphatic heterocycles. The number of oxazole rings is 1. The number of benzene rings is 1. The molecule has 0 unspecified atom stereocenters. The van der Waals surface area contributed by atoms with Crippen LogP contribution in [0.3, 0.4) is 0 Å². The van der Waals surface area contributed by atoms with Crippen LogP contribution in [0.25, 0.3) is 22.4 Å². The Morgan fingerprint density at radius 2 is 2.21 bits per heavy atom. The number of aryl methyl sites for hydroxylation is 1. The predicted molar refractivity (Wildman–Crippen MR) is 73.7 cm³/mol. The molecule has 0 aliphatic rings. The Labute approximate surface area is 111 Å². The summed E-state index contributed by atoms with van der Waals surface area (Å²) in [7, 11) is 3.94. The van der Waals surface area contributed by atoms with Gasteiger partial charge in [-0.25, -0.2) is 9.97 Å². The van der Waals surface area contributed by atoms with Crippen LogP contribution in [0.4, 0.5) is 0 Å². The smallest absolute Gasteiger partial charge is 0.192 e. The maximum Gasteiger partial charge on any atom is 0.192 e. The van der Waals surface area contributed by atoms with Gasteiger partial charge in [0.2, 0.25) is 0 Å². The van der Waals surface area contributed by atoms with E-state index in [0.717, 1.165) is 34.7 Å². The number of rotatable bonds is 3. The zero-order valence-corrected chi connectivity index (χ0v) is 11.3. The van der Waals surface area contributed by atoms with Crippen molar-refractivity contribution in [2.24, 2.45) is 7.05 Å². The van der Waals surface area contributed by atoms with Crippen LogP contribution in [-0.4, -0.2) is 21.6 Å². The molecular weight excluding hydrogens is 240 g/mol. The van der Waals surface area contributed by atoms with Gasteiger partial charge in [0, 0.05) is 19.5 Å². The van der Waals surface area contributed by atoms with Gasteiger partial charge in [-0.15, -0.1) is 0 Å². The van der Waals surface area contributed by atoms with E-state index in [1.54, 1.807) is 0 Å². The van der Waals surface area contributed by atoms with Crippen molar-refractivity contribution in [2.75, 3.05) is 7.05 Å². The summed E-state index contributed by atoms with van der Waals surface area (Å²) < 4.78 is 7.58. The highest BCUT2D eigenvalue weighted by Crippen LogP contribution is 2.25. The average Bonchev–Trinajstić information content (AvgIpc) is 2.92. The van der Waals surface area contributed by atoms with E-state index in [2.05, 4.69) is 19.9 Å². The van der Waals surface area contributed by atoms with E-state index in [9.17, 15) is 0 Å². The van der Waals surface area contributed by atoms with Crippen LogP contribution in [0.15, 0.2) is 28.8 Å². The second-order valence-corrected chi connectivity index (χ2v) is 4.56. The lowest BCUT2D eigenvalue weighted by molar-refractivity contribution is 0.561. The third kappa shape index (κ3) is 2.02. The summed E-state index contributed by atoms with van der Waals surface area (Å²) in [5.74, 6) is 1.70. The maximum atomic E-state index is 5.49. The number of aromatic nitrogens is 3. The molecule has 0 saturated carbocycles. The first-order valence-corrected chi connectivity index (χ1v) is 6.22. The molecule has 2 aromatic heterocycles. The highest BCUT2D eigenvalue weighted by Gasteiger charge is 2.10. The summed E-state index contributed by atoms with van der Waals surface area (Å²) in [5, 5.41) is 3.11. The minimum atomic E-state index is 0.688. The van der Waals surface area contributed by atoms with Crippen LogP contribution in [0.5, 0.6) is 0 Å². The molecule has 3 aromatic rings. The SMILES string of the molecule is CNCc1ncc(-c2ccc3oc(C)nc3c2)n1C. The van der Waals surface area contributed by atoms with E-state index in [4.69, 9.17) is 4.42 Å². The summed E-state index contributed by atoms with van der Waals surface area (Å²) in [6.45, 7) is 2.61. The van der Waals surface area contributed by atoms with Gasteiger partial charge in [0.25, 0.3) is 0 Å². The fraction of sp³-hybridized carbons (Fsp3) is 0.286. The van der Waals surface area contributed by atoms with Crippen molar-refractivity contribution in [2.45, 2.75) is 13.5 Å². The van der Waals surface area contributed by atoms with Crippen molar-refractivity contribution < 1.29 is 4.42 Å². The topological polar surface area (TPSA) is 55.9 Å². The Balaban J connectivity index is 2.08. The van der Waals surface area contributed by atoms with Crippen molar-refractivity contribution >= 4 is 11.1 Å². The normalized spacial score (nSPS) is 11.3. The van der Waals surface area contributed by atoms with Crippen molar-refractivity contribution in [3.05, 3.63) is 36.1 Å². The molecule has 0 fully saturated rings. The molecule has 0 radical (unpaired) electrons. The van der Waals surface area contributed by atoms with Crippen molar-refractivity contribution in [1.82, 2.24) is 19.9 Å². The van der Waals surface area contributed by atoms with Crippen LogP contribution in [0.1, 0.15) is 11.7 Å². The molecule has 5 heteroatoms. The molecule has 0 atom stereocenters. The lowest BCUT2D eigenvalue weighted by atomic mass is 10.1. The molecule has 0 bridgehead atoms. The van der Waals surface area contributed by atoms with Gasteiger partial charge >= 0.3 is 0 Å². The number of nitrogens with zero attached hydrogens (tertiary/aromatic N) is 3. The van der Waals surface area contributed by atoms with Crippen molar-refractivity contribution in [3.63, 3.8) is 0 Å². The summed E-state index contributed by atoms with van der Waals surface area (Å²) >= 11 is 0.